The molecule has 0 fully saturated rings. The van der Waals surface area contributed by atoms with Crippen molar-refractivity contribution in [3.8, 4) is 17.2 Å². The van der Waals surface area contributed by atoms with Crippen LogP contribution < -0.4 is 15.8 Å². The van der Waals surface area contributed by atoms with E-state index in [1.807, 2.05) is 6.07 Å². The van der Waals surface area contributed by atoms with Crippen molar-refractivity contribution in [3.05, 3.63) is 48.0 Å². The largest absolute Gasteiger partial charge is 0.508 e. The lowest BCUT2D eigenvalue weighted by molar-refractivity contribution is 0.0523. The van der Waals surface area contributed by atoms with Crippen molar-refractivity contribution in [1.82, 2.24) is 5.32 Å². The Morgan fingerprint density at radius 1 is 1.21 bits per heavy atom. The van der Waals surface area contributed by atoms with Crippen LogP contribution in [-0.4, -0.2) is 16.8 Å². The molecule has 6 heteroatoms. The fraction of sp³-hybridized carbons (Fsp3) is 0.278. The molecule has 0 bridgehead atoms. The van der Waals surface area contributed by atoms with Crippen LogP contribution in [-0.2, 0) is 11.3 Å². The number of ether oxygens (including phenoxy) is 2. The van der Waals surface area contributed by atoms with E-state index in [2.05, 4.69) is 5.32 Å². The molecule has 2 aromatic carbocycles. The van der Waals surface area contributed by atoms with Gasteiger partial charge >= 0.3 is 6.09 Å². The predicted octanol–water partition coefficient (Wildman–Crippen LogP) is 3.79. The molecule has 0 atom stereocenters. The number of aromatic hydroxyl groups is 1. The first kappa shape index (κ1) is 17.5. The Labute approximate surface area is 141 Å². The van der Waals surface area contributed by atoms with Crippen LogP contribution >= 0.6 is 0 Å². The van der Waals surface area contributed by atoms with Crippen LogP contribution in [0.4, 0.5) is 10.5 Å². The van der Waals surface area contributed by atoms with Gasteiger partial charge < -0.3 is 25.6 Å². The molecule has 0 spiro atoms. The third kappa shape index (κ3) is 5.39. The summed E-state index contributed by atoms with van der Waals surface area (Å²) in [6, 6.07) is 11.7. The number of phenols is 1. The molecule has 0 aromatic heterocycles. The van der Waals surface area contributed by atoms with Crippen LogP contribution in [0.3, 0.4) is 0 Å². The minimum absolute atomic E-state index is 0.0712. The Morgan fingerprint density at radius 3 is 2.67 bits per heavy atom. The lowest BCUT2D eigenvalue weighted by atomic mass is 10.2. The lowest BCUT2D eigenvalue weighted by Gasteiger charge is -2.19. The summed E-state index contributed by atoms with van der Waals surface area (Å²) < 4.78 is 10.9. The lowest BCUT2D eigenvalue weighted by Crippen LogP contribution is -2.32. The van der Waals surface area contributed by atoms with Crippen LogP contribution in [0.2, 0.25) is 0 Å². The van der Waals surface area contributed by atoms with Gasteiger partial charge in [0, 0.05) is 12.6 Å². The average Bonchev–Trinajstić information content (AvgIpc) is 2.48. The van der Waals surface area contributed by atoms with Gasteiger partial charge in [0.1, 0.15) is 17.1 Å². The van der Waals surface area contributed by atoms with Crippen molar-refractivity contribution in [2.45, 2.75) is 32.9 Å². The molecule has 1 amide bonds. The maximum Gasteiger partial charge on any atom is 0.407 e. The van der Waals surface area contributed by atoms with E-state index in [0.717, 1.165) is 5.56 Å². The molecular weight excluding hydrogens is 308 g/mol. The number of anilines is 1. The summed E-state index contributed by atoms with van der Waals surface area (Å²) in [5.41, 5.74) is 6.55. The molecule has 128 valence electrons. The molecule has 2 rings (SSSR count). The highest BCUT2D eigenvalue weighted by atomic mass is 16.6. The van der Waals surface area contributed by atoms with Crippen LogP contribution in [0, 0.1) is 0 Å². The number of nitrogens with one attached hydrogen (secondary N) is 1. The topological polar surface area (TPSA) is 93.8 Å². The van der Waals surface area contributed by atoms with E-state index in [1.54, 1.807) is 45.0 Å². The standard InChI is InChI=1S/C18H22N2O4/c1-18(2,3)24-17(22)20-11-12-5-4-6-14(9-12)23-16-10-13(21)7-8-15(16)19/h4-10,21H,11,19H2,1-3H3,(H,20,22). The van der Waals surface area contributed by atoms with Gasteiger partial charge in [0.25, 0.3) is 0 Å². The molecule has 0 aliphatic heterocycles. The Hall–Kier alpha value is -2.89. The molecule has 0 radical (unpaired) electrons. The van der Waals surface area contributed by atoms with Gasteiger partial charge in [-0.3, -0.25) is 0 Å². The number of nitrogen functional groups attached to an aromatic ring is 1. The Kier molecular flexibility index (Phi) is 5.18. The zero-order valence-corrected chi connectivity index (χ0v) is 14.0. The summed E-state index contributed by atoms with van der Waals surface area (Å²) in [4.78, 5) is 11.7. The van der Waals surface area contributed by atoms with Gasteiger partial charge in [0.15, 0.2) is 5.75 Å². The number of hydrogen-bond acceptors (Lipinski definition) is 5. The second kappa shape index (κ2) is 7.12. The fourth-order valence-corrected chi connectivity index (χ4v) is 1.95. The summed E-state index contributed by atoms with van der Waals surface area (Å²) in [5, 5.41) is 12.2. The highest BCUT2D eigenvalue weighted by Crippen LogP contribution is 2.31. The highest BCUT2D eigenvalue weighted by molar-refractivity contribution is 5.67. The minimum Gasteiger partial charge on any atom is -0.508 e. The monoisotopic (exact) mass is 330 g/mol. The number of carbonyl (C=O) groups excluding carboxylic acids is 1. The molecule has 6 nitrogen and oxygen atoms in total. The predicted molar refractivity (Wildman–Crippen MR) is 92.1 cm³/mol. The molecular formula is C18H22N2O4. The molecule has 0 aliphatic rings. The number of alkyl carbamates (subject to hydrolysis) is 1. The van der Waals surface area contributed by atoms with E-state index in [4.69, 9.17) is 15.2 Å². The second-order valence-corrected chi connectivity index (χ2v) is 6.33. The zero-order valence-electron chi connectivity index (χ0n) is 14.0. The zero-order chi connectivity index (χ0) is 17.7. The van der Waals surface area contributed by atoms with E-state index < -0.39 is 11.7 Å². The highest BCUT2D eigenvalue weighted by Gasteiger charge is 2.15. The van der Waals surface area contributed by atoms with Gasteiger partial charge in [-0.15, -0.1) is 0 Å². The maximum absolute atomic E-state index is 11.7. The van der Waals surface area contributed by atoms with Gasteiger partial charge in [-0.1, -0.05) is 12.1 Å². The number of phenolic OH excluding ortho intramolecular Hbond substituents is 1. The number of hydrogen-bond donors (Lipinski definition) is 3. The maximum atomic E-state index is 11.7. The van der Waals surface area contributed by atoms with Gasteiger partial charge in [-0.2, -0.15) is 0 Å². The van der Waals surface area contributed by atoms with Crippen LogP contribution in [0.15, 0.2) is 42.5 Å². The minimum atomic E-state index is -0.540. The van der Waals surface area contributed by atoms with Crippen LogP contribution in [0.1, 0.15) is 26.3 Å². The quantitative estimate of drug-likeness (QED) is 0.586. The van der Waals surface area contributed by atoms with Crippen molar-refractivity contribution in [2.75, 3.05) is 5.73 Å². The summed E-state index contributed by atoms with van der Waals surface area (Å²) >= 11 is 0. The summed E-state index contributed by atoms with van der Waals surface area (Å²) in [5.74, 6) is 0.991. The third-order valence-electron chi connectivity index (χ3n) is 2.96. The molecule has 24 heavy (non-hydrogen) atoms. The molecule has 0 saturated heterocycles. The molecule has 0 unspecified atom stereocenters. The van der Waals surface area contributed by atoms with E-state index in [-0.39, 0.29) is 5.75 Å². The average molecular weight is 330 g/mol. The fourth-order valence-electron chi connectivity index (χ4n) is 1.95. The first-order valence-corrected chi connectivity index (χ1v) is 7.55. The van der Waals surface area contributed by atoms with E-state index in [0.29, 0.717) is 23.7 Å². The number of benzene rings is 2. The molecule has 0 saturated carbocycles. The SMILES string of the molecule is CC(C)(C)OC(=O)NCc1cccc(Oc2cc(O)ccc2N)c1. The van der Waals surface area contributed by atoms with Crippen molar-refractivity contribution >= 4 is 11.8 Å². The first-order chi connectivity index (χ1) is 11.2. The van der Waals surface area contributed by atoms with E-state index in [9.17, 15) is 9.90 Å². The molecule has 0 heterocycles. The summed E-state index contributed by atoms with van der Waals surface area (Å²) in [6.45, 7) is 5.73. The van der Waals surface area contributed by atoms with Crippen molar-refractivity contribution in [2.24, 2.45) is 0 Å². The van der Waals surface area contributed by atoms with E-state index in [1.165, 1.54) is 12.1 Å². The van der Waals surface area contributed by atoms with Crippen LogP contribution in [0.25, 0.3) is 0 Å². The normalized spacial score (nSPS) is 11.0. The summed E-state index contributed by atoms with van der Waals surface area (Å²) in [6.07, 6.45) is -0.481. The van der Waals surface area contributed by atoms with Crippen molar-refractivity contribution in [1.29, 1.82) is 0 Å². The molecule has 4 N–H and O–H groups in total. The van der Waals surface area contributed by atoms with E-state index >= 15 is 0 Å². The van der Waals surface area contributed by atoms with Crippen molar-refractivity contribution < 1.29 is 19.4 Å². The molecule has 2 aromatic rings. The van der Waals surface area contributed by atoms with Gasteiger partial charge in [-0.25, -0.2) is 4.79 Å². The van der Waals surface area contributed by atoms with Crippen LogP contribution in [0.5, 0.6) is 17.2 Å². The smallest absolute Gasteiger partial charge is 0.407 e. The van der Waals surface area contributed by atoms with Gasteiger partial charge in [-0.05, 0) is 50.6 Å². The number of amides is 1. The Balaban J connectivity index is 2.01. The summed E-state index contributed by atoms with van der Waals surface area (Å²) in [7, 11) is 0. The second-order valence-electron chi connectivity index (χ2n) is 6.33. The number of rotatable bonds is 4. The van der Waals surface area contributed by atoms with Gasteiger partial charge in [0.05, 0.1) is 5.69 Å². The Bertz CT molecular complexity index is 723. The first-order valence-electron chi connectivity index (χ1n) is 7.55. The van der Waals surface area contributed by atoms with Gasteiger partial charge in [0.2, 0.25) is 0 Å². The van der Waals surface area contributed by atoms with Crippen molar-refractivity contribution in [3.63, 3.8) is 0 Å². The molecule has 0 aliphatic carbocycles. The third-order valence-corrected chi connectivity index (χ3v) is 2.96. The Morgan fingerprint density at radius 2 is 1.96 bits per heavy atom. The number of carbonyl (C=O) groups is 1. The number of nitrogens with two attached hydrogens (primary N) is 1.